The summed E-state index contributed by atoms with van der Waals surface area (Å²) in [5.74, 6) is -2.40. The quantitative estimate of drug-likeness (QED) is 0.357. The van der Waals surface area contributed by atoms with Crippen LogP contribution in [0.1, 0.15) is 17.3 Å². The van der Waals surface area contributed by atoms with Crippen LogP contribution in [0.2, 0.25) is 0 Å². The van der Waals surface area contributed by atoms with Crippen LogP contribution in [0.25, 0.3) is 0 Å². The van der Waals surface area contributed by atoms with E-state index >= 15 is 0 Å². The van der Waals surface area contributed by atoms with Crippen LogP contribution in [-0.2, 0) is 9.53 Å². The number of hydrogen-bond donors (Lipinski definition) is 3. The maximum atomic E-state index is 13.6. The molecular formula is C18H18FN3O6. The Morgan fingerprint density at radius 3 is 2.61 bits per heavy atom. The van der Waals surface area contributed by atoms with Crippen LogP contribution in [0.4, 0.5) is 21.5 Å². The first-order valence-electron chi connectivity index (χ1n) is 8.23. The normalized spacial score (nSPS) is 11.4. The number of non-ortho nitro benzene ring substituents is 1. The second kappa shape index (κ2) is 9.42. The first-order valence-corrected chi connectivity index (χ1v) is 8.23. The van der Waals surface area contributed by atoms with E-state index < -0.39 is 28.7 Å². The van der Waals surface area contributed by atoms with Crippen molar-refractivity contribution in [2.75, 3.05) is 23.8 Å². The number of amides is 1. The lowest BCUT2D eigenvalue weighted by molar-refractivity contribution is -0.384. The number of aliphatic hydroxyl groups is 1. The van der Waals surface area contributed by atoms with Crippen LogP contribution in [0.5, 0.6) is 0 Å². The summed E-state index contributed by atoms with van der Waals surface area (Å²) >= 11 is 0. The lowest BCUT2D eigenvalue weighted by Crippen LogP contribution is -2.30. The van der Waals surface area contributed by atoms with Gasteiger partial charge >= 0.3 is 5.97 Å². The van der Waals surface area contributed by atoms with Crippen LogP contribution in [0, 0.1) is 15.9 Å². The fourth-order valence-corrected chi connectivity index (χ4v) is 2.23. The zero-order chi connectivity index (χ0) is 20.7. The number of nitro groups is 1. The number of anilines is 2. The molecule has 0 bridgehead atoms. The summed E-state index contributed by atoms with van der Waals surface area (Å²) in [6.07, 6.45) is -1.29. The number of esters is 1. The van der Waals surface area contributed by atoms with E-state index in [4.69, 9.17) is 9.84 Å². The second-order valence-electron chi connectivity index (χ2n) is 5.65. The molecule has 0 unspecified atom stereocenters. The number of para-hydroxylation sites is 1. The van der Waals surface area contributed by atoms with Crippen molar-refractivity contribution in [2.45, 2.75) is 13.0 Å². The Morgan fingerprint density at radius 2 is 1.96 bits per heavy atom. The lowest BCUT2D eigenvalue weighted by atomic mass is 10.1. The topological polar surface area (TPSA) is 131 Å². The van der Waals surface area contributed by atoms with Crippen LogP contribution in [-0.4, -0.2) is 41.2 Å². The van der Waals surface area contributed by atoms with Gasteiger partial charge in [-0.05, 0) is 25.1 Å². The summed E-state index contributed by atoms with van der Waals surface area (Å²) < 4.78 is 18.7. The van der Waals surface area contributed by atoms with Gasteiger partial charge in [-0.3, -0.25) is 14.9 Å². The monoisotopic (exact) mass is 391 g/mol. The Hall–Kier alpha value is -3.53. The highest BCUT2D eigenvalue weighted by Gasteiger charge is 2.23. The highest BCUT2D eigenvalue weighted by Crippen LogP contribution is 2.23. The largest absolute Gasteiger partial charge is 0.449 e. The van der Waals surface area contributed by atoms with E-state index in [-0.39, 0.29) is 35.8 Å². The molecule has 2 aromatic rings. The number of nitro benzene ring substituents is 1. The molecular weight excluding hydrogens is 373 g/mol. The predicted molar refractivity (Wildman–Crippen MR) is 98.6 cm³/mol. The van der Waals surface area contributed by atoms with Crippen LogP contribution < -0.4 is 10.6 Å². The maximum absolute atomic E-state index is 13.6. The molecule has 0 radical (unpaired) electrons. The molecule has 0 spiro atoms. The molecule has 0 saturated carbocycles. The van der Waals surface area contributed by atoms with E-state index in [1.54, 1.807) is 0 Å². The number of benzene rings is 2. The molecule has 28 heavy (non-hydrogen) atoms. The number of carbonyl (C=O) groups is 2. The number of aliphatic hydroxyl groups excluding tert-OH is 1. The Balaban J connectivity index is 2.15. The Bertz CT molecular complexity index is 889. The SMILES string of the molecule is C[C@@H](OC(=O)c1cc([N+](=O)[O-])ccc1NCCO)C(=O)Nc1ccccc1F. The molecule has 2 aromatic carbocycles. The van der Waals surface area contributed by atoms with Crippen LogP contribution in [0.15, 0.2) is 42.5 Å². The molecule has 0 saturated heterocycles. The molecule has 0 heterocycles. The van der Waals surface area contributed by atoms with Crippen molar-refractivity contribution in [3.63, 3.8) is 0 Å². The Kier molecular flexibility index (Phi) is 6.99. The third-order valence-corrected chi connectivity index (χ3v) is 3.65. The van der Waals surface area contributed by atoms with Gasteiger partial charge in [0.05, 0.1) is 22.8 Å². The summed E-state index contributed by atoms with van der Waals surface area (Å²) in [4.78, 5) is 34.9. The smallest absolute Gasteiger partial charge is 0.341 e. The Labute approximate surface area is 159 Å². The van der Waals surface area contributed by atoms with Crippen molar-refractivity contribution >= 4 is 28.9 Å². The number of carbonyl (C=O) groups excluding carboxylic acids is 2. The van der Waals surface area contributed by atoms with E-state index in [0.717, 1.165) is 12.1 Å². The minimum Gasteiger partial charge on any atom is -0.449 e. The van der Waals surface area contributed by atoms with E-state index in [2.05, 4.69) is 10.6 Å². The lowest BCUT2D eigenvalue weighted by Gasteiger charge is -2.16. The maximum Gasteiger partial charge on any atom is 0.341 e. The molecule has 148 valence electrons. The van der Waals surface area contributed by atoms with Gasteiger partial charge in [-0.1, -0.05) is 12.1 Å². The van der Waals surface area contributed by atoms with Gasteiger partial charge in [0, 0.05) is 24.4 Å². The molecule has 10 heteroatoms. The summed E-state index contributed by atoms with van der Waals surface area (Å²) in [6.45, 7) is 1.15. The summed E-state index contributed by atoms with van der Waals surface area (Å²) in [6, 6.07) is 8.98. The van der Waals surface area contributed by atoms with Crippen molar-refractivity contribution in [3.8, 4) is 0 Å². The second-order valence-corrected chi connectivity index (χ2v) is 5.65. The fourth-order valence-electron chi connectivity index (χ4n) is 2.23. The minimum absolute atomic E-state index is 0.0731. The molecule has 0 aliphatic rings. The molecule has 0 aliphatic heterocycles. The third kappa shape index (κ3) is 5.24. The molecule has 0 aromatic heterocycles. The molecule has 2 rings (SSSR count). The van der Waals surface area contributed by atoms with Gasteiger partial charge in [0.2, 0.25) is 0 Å². The highest BCUT2D eigenvalue weighted by atomic mass is 19.1. The number of nitrogens with one attached hydrogen (secondary N) is 2. The first-order chi connectivity index (χ1) is 13.3. The minimum atomic E-state index is -1.29. The van der Waals surface area contributed by atoms with Gasteiger partial charge in [-0.25, -0.2) is 9.18 Å². The van der Waals surface area contributed by atoms with Crippen molar-refractivity contribution < 1.29 is 28.7 Å². The van der Waals surface area contributed by atoms with Gasteiger partial charge in [0.25, 0.3) is 11.6 Å². The first kappa shape index (κ1) is 20.8. The number of rotatable bonds is 8. The zero-order valence-corrected chi connectivity index (χ0v) is 14.8. The van der Waals surface area contributed by atoms with Crippen LogP contribution in [0.3, 0.4) is 0 Å². The van der Waals surface area contributed by atoms with Crippen molar-refractivity contribution in [1.29, 1.82) is 0 Å². The fraction of sp³-hybridized carbons (Fsp3) is 0.222. The van der Waals surface area contributed by atoms with Gasteiger partial charge in [-0.2, -0.15) is 0 Å². The van der Waals surface area contributed by atoms with E-state index in [1.165, 1.54) is 37.3 Å². The highest BCUT2D eigenvalue weighted by molar-refractivity contribution is 6.00. The van der Waals surface area contributed by atoms with E-state index in [9.17, 15) is 24.1 Å². The third-order valence-electron chi connectivity index (χ3n) is 3.65. The molecule has 9 nitrogen and oxygen atoms in total. The number of hydrogen-bond acceptors (Lipinski definition) is 7. The van der Waals surface area contributed by atoms with Crippen molar-refractivity contribution in [3.05, 3.63) is 64.0 Å². The molecule has 0 fully saturated rings. The standard InChI is InChI=1S/C18H18FN3O6/c1-11(17(24)21-16-5-3-2-4-14(16)19)28-18(25)13-10-12(22(26)27)6-7-15(13)20-8-9-23/h2-7,10-11,20,23H,8-9H2,1H3,(H,21,24)/t11-/m1/s1. The van der Waals surface area contributed by atoms with Crippen molar-refractivity contribution in [1.82, 2.24) is 0 Å². The Morgan fingerprint density at radius 1 is 1.25 bits per heavy atom. The predicted octanol–water partition coefficient (Wildman–Crippen LogP) is 2.32. The number of halogens is 1. The van der Waals surface area contributed by atoms with Gasteiger partial charge in [-0.15, -0.1) is 0 Å². The number of ether oxygens (including phenoxy) is 1. The number of nitrogens with zero attached hydrogens (tertiary/aromatic N) is 1. The van der Waals surface area contributed by atoms with Gasteiger partial charge in [0.15, 0.2) is 6.10 Å². The summed E-state index contributed by atoms with van der Waals surface area (Å²) in [7, 11) is 0. The van der Waals surface area contributed by atoms with Gasteiger partial charge in [0.1, 0.15) is 5.82 Å². The van der Waals surface area contributed by atoms with Crippen LogP contribution >= 0.6 is 0 Å². The zero-order valence-electron chi connectivity index (χ0n) is 14.8. The van der Waals surface area contributed by atoms with E-state index in [0.29, 0.717) is 0 Å². The summed E-state index contributed by atoms with van der Waals surface area (Å²) in [5, 5.41) is 24.9. The van der Waals surface area contributed by atoms with Gasteiger partial charge < -0.3 is 20.5 Å². The molecule has 0 aliphatic carbocycles. The molecule has 1 amide bonds. The average molecular weight is 391 g/mol. The summed E-state index contributed by atoms with van der Waals surface area (Å²) in [5.41, 5.74) is -0.388. The van der Waals surface area contributed by atoms with E-state index in [1.807, 2.05) is 0 Å². The molecule has 3 N–H and O–H groups in total. The van der Waals surface area contributed by atoms with Crippen molar-refractivity contribution in [2.24, 2.45) is 0 Å². The molecule has 1 atom stereocenters. The average Bonchev–Trinajstić information content (AvgIpc) is 2.67.